The molecular weight excluding hydrogens is 174 g/mol. The van der Waals surface area contributed by atoms with E-state index in [1.165, 1.54) is 25.7 Å². The van der Waals surface area contributed by atoms with Crippen LogP contribution in [0.4, 0.5) is 0 Å². The standard InChI is InChI=1S/C12H22NO/c1-10-3-2-4-11(9-10)13-7-5-12(14)6-8-13/h10-12H,2-9H2,1H3. The first kappa shape index (κ1) is 10.4. The van der Waals surface area contributed by atoms with Crippen LogP contribution in [0.3, 0.4) is 0 Å². The summed E-state index contributed by atoms with van der Waals surface area (Å²) in [4.78, 5) is 2.57. The lowest BCUT2D eigenvalue weighted by molar-refractivity contribution is 0.00632. The first-order chi connectivity index (χ1) is 6.75. The first-order valence-electron chi connectivity index (χ1n) is 6.15. The molecule has 1 radical (unpaired) electrons. The maximum absolute atomic E-state index is 11.2. The summed E-state index contributed by atoms with van der Waals surface area (Å²) in [5, 5.41) is 11.2. The van der Waals surface area contributed by atoms with Crippen molar-refractivity contribution in [3.8, 4) is 0 Å². The van der Waals surface area contributed by atoms with Gasteiger partial charge in [-0.3, -0.25) is 0 Å². The van der Waals surface area contributed by atoms with Gasteiger partial charge in [0.05, 0.1) is 6.10 Å². The molecule has 2 rings (SSSR count). The van der Waals surface area contributed by atoms with Gasteiger partial charge >= 0.3 is 0 Å². The Morgan fingerprint density at radius 1 is 1.07 bits per heavy atom. The Bertz CT molecular complexity index is 175. The monoisotopic (exact) mass is 196 g/mol. The average molecular weight is 196 g/mol. The smallest absolute Gasteiger partial charge is 0.0954 e. The highest BCUT2D eigenvalue weighted by Gasteiger charge is 2.27. The van der Waals surface area contributed by atoms with Crippen LogP contribution in [0.1, 0.15) is 45.4 Å². The molecule has 0 aromatic rings. The molecule has 1 aliphatic heterocycles. The van der Waals surface area contributed by atoms with Crippen LogP contribution >= 0.6 is 0 Å². The predicted octanol–water partition coefficient (Wildman–Crippen LogP) is 2.46. The van der Waals surface area contributed by atoms with Crippen molar-refractivity contribution >= 4 is 0 Å². The Labute approximate surface area is 87.3 Å². The highest BCUT2D eigenvalue weighted by molar-refractivity contribution is 4.82. The molecule has 0 aromatic carbocycles. The molecule has 81 valence electrons. The molecule has 0 N–H and O–H groups in total. The van der Waals surface area contributed by atoms with E-state index in [0.29, 0.717) is 0 Å². The number of piperidine rings is 1. The van der Waals surface area contributed by atoms with Gasteiger partial charge in [-0.25, -0.2) is 5.11 Å². The van der Waals surface area contributed by atoms with E-state index < -0.39 is 0 Å². The third kappa shape index (κ3) is 2.48. The predicted molar refractivity (Wildman–Crippen MR) is 56.7 cm³/mol. The van der Waals surface area contributed by atoms with Crippen molar-refractivity contribution in [2.45, 2.75) is 57.6 Å². The van der Waals surface area contributed by atoms with Crippen LogP contribution in [0.5, 0.6) is 0 Å². The minimum atomic E-state index is -0.271. The fraction of sp³-hybridized carbons (Fsp3) is 1.00. The molecule has 2 unspecified atom stereocenters. The van der Waals surface area contributed by atoms with E-state index in [4.69, 9.17) is 0 Å². The summed E-state index contributed by atoms with van der Waals surface area (Å²) in [6, 6.07) is 0.797. The van der Waals surface area contributed by atoms with Crippen LogP contribution in [0.15, 0.2) is 0 Å². The number of hydrogen-bond donors (Lipinski definition) is 0. The van der Waals surface area contributed by atoms with Crippen molar-refractivity contribution in [3.63, 3.8) is 0 Å². The summed E-state index contributed by atoms with van der Waals surface area (Å²) in [5.74, 6) is 0.902. The Morgan fingerprint density at radius 3 is 2.43 bits per heavy atom. The number of likely N-dealkylation sites (tertiary alicyclic amines) is 1. The van der Waals surface area contributed by atoms with E-state index in [9.17, 15) is 5.11 Å². The lowest BCUT2D eigenvalue weighted by Gasteiger charge is -2.39. The topological polar surface area (TPSA) is 23.1 Å². The molecule has 2 fully saturated rings. The van der Waals surface area contributed by atoms with Crippen molar-refractivity contribution in [1.29, 1.82) is 0 Å². The molecule has 1 saturated carbocycles. The summed E-state index contributed by atoms with van der Waals surface area (Å²) < 4.78 is 0. The van der Waals surface area contributed by atoms with E-state index >= 15 is 0 Å². The molecule has 0 bridgehead atoms. The normalized spacial score (nSPS) is 37.3. The molecule has 2 atom stereocenters. The Morgan fingerprint density at radius 2 is 1.79 bits per heavy atom. The van der Waals surface area contributed by atoms with Crippen molar-refractivity contribution in [3.05, 3.63) is 0 Å². The van der Waals surface area contributed by atoms with Gasteiger partial charge in [0.2, 0.25) is 0 Å². The zero-order valence-electron chi connectivity index (χ0n) is 9.24. The van der Waals surface area contributed by atoms with Crippen LogP contribution in [0.2, 0.25) is 0 Å². The fourth-order valence-electron chi connectivity index (χ4n) is 2.97. The summed E-state index contributed by atoms with van der Waals surface area (Å²) >= 11 is 0. The van der Waals surface area contributed by atoms with Gasteiger partial charge in [-0.2, -0.15) is 0 Å². The fourth-order valence-corrected chi connectivity index (χ4v) is 2.97. The Hall–Kier alpha value is -0.0800. The van der Waals surface area contributed by atoms with Crippen LogP contribution in [-0.4, -0.2) is 30.1 Å². The average Bonchev–Trinajstić information content (AvgIpc) is 2.19. The van der Waals surface area contributed by atoms with Crippen molar-refractivity contribution in [2.24, 2.45) is 5.92 Å². The molecule has 1 saturated heterocycles. The third-order valence-corrected chi connectivity index (χ3v) is 3.90. The van der Waals surface area contributed by atoms with Gasteiger partial charge in [0, 0.05) is 19.1 Å². The molecule has 1 heterocycles. The second-order valence-electron chi connectivity index (χ2n) is 5.16. The van der Waals surface area contributed by atoms with Crippen LogP contribution in [-0.2, 0) is 5.11 Å². The lowest BCUT2D eigenvalue weighted by Crippen LogP contribution is -2.44. The van der Waals surface area contributed by atoms with Crippen LogP contribution in [0, 0.1) is 5.92 Å². The summed E-state index contributed by atoms with van der Waals surface area (Å²) in [5.41, 5.74) is 0. The molecule has 0 amide bonds. The zero-order chi connectivity index (χ0) is 9.97. The maximum atomic E-state index is 11.2. The third-order valence-electron chi connectivity index (χ3n) is 3.90. The lowest BCUT2D eigenvalue weighted by atomic mass is 9.85. The molecular formula is C12H22NO. The van der Waals surface area contributed by atoms with Gasteiger partial charge in [0.15, 0.2) is 0 Å². The molecule has 14 heavy (non-hydrogen) atoms. The molecule has 2 nitrogen and oxygen atoms in total. The largest absolute Gasteiger partial charge is 0.300 e. The molecule has 1 aliphatic carbocycles. The van der Waals surface area contributed by atoms with Crippen molar-refractivity contribution in [1.82, 2.24) is 4.90 Å². The minimum Gasteiger partial charge on any atom is -0.300 e. The minimum absolute atomic E-state index is 0.271. The Kier molecular flexibility index (Phi) is 3.45. The van der Waals surface area contributed by atoms with E-state index in [1.54, 1.807) is 0 Å². The molecule has 0 aromatic heterocycles. The van der Waals surface area contributed by atoms with Crippen molar-refractivity contribution < 1.29 is 5.11 Å². The van der Waals surface area contributed by atoms with Gasteiger partial charge in [0.25, 0.3) is 0 Å². The highest BCUT2D eigenvalue weighted by atomic mass is 16.3. The van der Waals surface area contributed by atoms with Crippen LogP contribution < -0.4 is 0 Å². The first-order valence-corrected chi connectivity index (χ1v) is 6.15. The van der Waals surface area contributed by atoms with Crippen LogP contribution in [0.25, 0.3) is 0 Å². The van der Waals surface area contributed by atoms with Crippen molar-refractivity contribution in [2.75, 3.05) is 13.1 Å². The quantitative estimate of drug-likeness (QED) is 0.632. The SMILES string of the molecule is CC1CCCC(N2CCC([O])CC2)C1. The van der Waals surface area contributed by atoms with Gasteiger partial charge in [-0.15, -0.1) is 0 Å². The van der Waals surface area contributed by atoms with E-state index in [2.05, 4.69) is 11.8 Å². The molecule has 2 heteroatoms. The second-order valence-corrected chi connectivity index (χ2v) is 5.16. The van der Waals surface area contributed by atoms with Gasteiger partial charge in [-0.1, -0.05) is 19.8 Å². The zero-order valence-corrected chi connectivity index (χ0v) is 9.24. The summed E-state index contributed by atoms with van der Waals surface area (Å²) in [7, 11) is 0. The number of rotatable bonds is 1. The van der Waals surface area contributed by atoms with Gasteiger partial charge in [-0.05, 0) is 31.6 Å². The molecule has 2 aliphatic rings. The second kappa shape index (κ2) is 4.63. The number of nitrogens with zero attached hydrogens (tertiary/aromatic N) is 1. The van der Waals surface area contributed by atoms with E-state index in [1.807, 2.05) is 0 Å². The van der Waals surface area contributed by atoms with E-state index in [-0.39, 0.29) is 6.10 Å². The van der Waals surface area contributed by atoms with Gasteiger partial charge < -0.3 is 4.90 Å². The van der Waals surface area contributed by atoms with Gasteiger partial charge in [0.1, 0.15) is 0 Å². The highest BCUT2D eigenvalue weighted by Crippen LogP contribution is 2.28. The van der Waals surface area contributed by atoms with E-state index in [0.717, 1.165) is 37.9 Å². The number of hydrogen-bond acceptors (Lipinski definition) is 1. The Balaban J connectivity index is 1.82. The maximum Gasteiger partial charge on any atom is 0.0954 e. The molecule has 0 spiro atoms. The summed E-state index contributed by atoms with van der Waals surface area (Å²) in [6.45, 7) is 4.49. The summed E-state index contributed by atoms with van der Waals surface area (Å²) in [6.07, 6.45) is 7.03.